The number of aliphatic carboxylic acids is 1. The average Bonchev–Trinajstić information content (AvgIpc) is 2.66. The molecule has 6 nitrogen and oxygen atoms in total. The fraction of sp³-hybridized carbons (Fsp3) is 0.636. The molecule has 1 N–H and O–H groups in total. The van der Waals surface area contributed by atoms with Crippen molar-refractivity contribution in [2.75, 3.05) is 17.8 Å². The number of nitrogens with zero attached hydrogens (tertiary/aromatic N) is 2. The number of carbonyl (C=O) groups is 1. The maximum atomic E-state index is 11.2. The molecule has 1 heterocycles. The molecule has 0 atom stereocenters. The van der Waals surface area contributed by atoms with E-state index in [2.05, 4.69) is 5.10 Å². The van der Waals surface area contributed by atoms with Gasteiger partial charge >= 0.3 is 5.97 Å². The predicted octanol–water partition coefficient (Wildman–Crippen LogP) is 1.23. The topological polar surface area (TPSA) is 89.3 Å². The molecule has 0 fully saturated rings. The molecule has 0 saturated carbocycles. The van der Waals surface area contributed by atoms with Crippen molar-refractivity contribution in [2.24, 2.45) is 0 Å². The number of rotatable bonds is 7. The standard InChI is InChI=1S/C11H18N2O4S2/c1-8(2)9-6-10(18-7-11(14)15)13(12-9)4-5-19(3,16)17/h6,8H,4-5,7H2,1-3H3,(H,14,15). The van der Waals surface area contributed by atoms with Crippen molar-refractivity contribution >= 4 is 27.6 Å². The summed E-state index contributed by atoms with van der Waals surface area (Å²) in [6.07, 6.45) is 1.17. The monoisotopic (exact) mass is 306 g/mol. The van der Waals surface area contributed by atoms with Crippen LogP contribution in [-0.2, 0) is 21.2 Å². The zero-order valence-corrected chi connectivity index (χ0v) is 12.8. The molecule has 108 valence electrons. The minimum Gasteiger partial charge on any atom is -0.481 e. The zero-order chi connectivity index (χ0) is 14.6. The number of thioether (sulfide) groups is 1. The summed E-state index contributed by atoms with van der Waals surface area (Å²) in [5, 5.41) is 13.7. The van der Waals surface area contributed by atoms with E-state index in [4.69, 9.17) is 5.11 Å². The third kappa shape index (κ3) is 5.65. The van der Waals surface area contributed by atoms with E-state index in [0.29, 0.717) is 5.03 Å². The lowest BCUT2D eigenvalue weighted by Gasteiger charge is -2.05. The number of carboxylic acids is 1. The zero-order valence-electron chi connectivity index (χ0n) is 11.2. The van der Waals surface area contributed by atoms with Gasteiger partial charge in [0.05, 0.1) is 28.8 Å². The number of aryl methyl sites for hydroxylation is 1. The van der Waals surface area contributed by atoms with Crippen LogP contribution in [0, 0.1) is 0 Å². The average molecular weight is 306 g/mol. The van der Waals surface area contributed by atoms with Gasteiger partial charge in [-0.2, -0.15) is 5.10 Å². The Morgan fingerprint density at radius 1 is 1.53 bits per heavy atom. The Bertz CT molecular complexity index is 549. The van der Waals surface area contributed by atoms with E-state index in [1.807, 2.05) is 19.9 Å². The van der Waals surface area contributed by atoms with Crippen LogP contribution in [0.2, 0.25) is 0 Å². The van der Waals surface area contributed by atoms with Gasteiger partial charge in [-0.1, -0.05) is 25.6 Å². The Morgan fingerprint density at radius 3 is 2.63 bits per heavy atom. The van der Waals surface area contributed by atoms with Crippen molar-refractivity contribution in [3.63, 3.8) is 0 Å². The van der Waals surface area contributed by atoms with Crippen LogP contribution in [-0.4, -0.2) is 47.0 Å². The fourth-order valence-corrected chi connectivity index (χ4v) is 2.63. The molecule has 0 bridgehead atoms. The molecule has 0 saturated heterocycles. The van der Waals surface area contributed by atoms with E-state index in [9.17, 15) is 13.2 Å². The van der Waals surface area contributed by atoms with Crippen LogP contribution < -0.4 is 0 Å². The van der Waals surface area contributed by atoms with E-state index in [1.165, 1.54) is 6.26 Å². The summed E-state index contributed by atoms with van der Waals surface area (Å²) in [7, 11) is -3.07. The molecule has 0 amide bonds. The van der Waals surface area contributed by atoms with Crippen molar-refractivity contribution in [3.8, 4) is 0 Å². The first-order chi connectivity index (χ1) is 8.69. The SMILES string of the molecule is CC(C)c1cc(SCC(=O)O)n(CCS(C)(=O)=O)n1. The summed E-state index contributed by atoms with van der Waals surface area (Å²) in [6.45, 7) is 4.21. The summed E-state index contributed by atoms with van der Waals surface area (Å²) in [6, 6.07) is 1.82. The van der Waals surface area contributed by atoms with Gasteiger partial charge < -0.3 is 5.11 Å². The van der Waals surface area contributed by atoms with Crippen molar-refractivity contribution in [2.45, 2.75) is 31.3 Å². The summed E-state index contributed by atoms with van der Waals surface area (Å²) in [5.74, 6) is -0.773. The number of hydrogen-bond acceptors (Lipinski definition) is 5. The molecule has 19 heavy (non-hydrogen) atoms. The van der Waals surface area contributed by atoms with Crippen LogP contribution >= 0.6 is 11.8 Å². The van der Waals surface area contributed by atoms with E-state index in [-0.39, 0.29) is 24.0 Å². The Balaban J connectivity index is 2.89. The van der Waals surface area contributed by atoms with Gasteiger partial charge in [0, 0.05) is 6.26 Å². The highest BCUT2D eigenvalue weighted by molar-refractivity contribution is 7.99. The second-order valence-corrected chi connectivity index (χ2v) is 7.85. The smallest absolute Gasteiger partial charge is 0.313 e. The summed E-state index contributed by atoms with van der Waals surface area (Å²) in [5.41, 5.74) is 0.835. The number of aromatic nitrogens is 2. The second kappa shape index (κ2) is 6.42. The highest BCUT2D eigenvalue weighted by atomic mass is 32.2. The first-order valence-electron chi connectivity index (χ1n) is 5.79. The Hall–Kier alpha value is -1.02. The van der Waals surface area contributed by atoms with Crippen molar-refractivity contribution in [3.05, 3.63) is 11.8 Å². The predicted molar refractivity (Wildman–Crippen MR) is 74.4 cm³/mol. The highest BCUT2D eigenvalue weighted by Gasteiger charge is 2.14. The third-order valence-electron chi connectivity index (χ3n) is 2.37. The van der Waals surface area contributed by atoms with Crippen LogP contribution in [0.15, 0.2) is 11.1 Å². The fourth-order valence-electron chi connectivity index (χ4n) is 1.37. The lowest BCUT2D eigenvalue weighted by Crippen LogP contribution is -2.13. The lowest BCUT2D eigenvalue weighted by atomic mass is 10.1. The van der Waals surface area contributed by atoms with E-state index < -0.39 is 15.8 Å². The first kappa shape index (κ1) is 16.0. The molecule has 1 rings (SSSR count). The normalized spacial score (nSPS) is 12.0. The molecule has 1 aromatic heterocycles. The van der Waals surface area contributed by atoms with Gasteiger partial charge in [-0.15, -0.1) is 0 Å². The molecule has 1 aromatic rings. The van der Waals surface area contributed by atoms with E-state index in [1.54, 1.807) is 4.68 Å². The number of sulfone groups is 1. The van der Waals surface area contributed by atoms with Gasteiger partial charge in [0.25, 0.3) is 0 Å². The third-order valence-corrected chi connectivity index (χ3v) is 4.31. The molecule has 0 unspecified atom stereocenters. The maximum Gasteiger partial charge on any atom is 0.313 e. The molecular weight excluding hydrogens is 288 g/mol. The molecule has 0 aliphatic rings. The number of hydrogen-bond donors (Lipinski definition) is 1. The van der Waals surface area contributed by atoms with Gasteiger partial charge in [-0.05, 0) is 12.0 Å². The summed E-state index contributed by atoms with van der Waals surface area (Å²) < 4.78 is 23.9. The first-order valence-corrected chi connectivity index (χ1v) is 8.83. The van der Waals surface area contributed by atoms with Gasteiger partial charge in [-0.25, -0.2) is 8.42 Å². The Kier molecular flexibility index (Phi) is 5.42. The van der Waals surface area contributed by atoms with Crippen LogP contribution in [0.4, 0.5) is 0 Å². The molecule has 0 aliphatic heterocycles. The van der Waals surface area contributed by atoms with Crippen molar-refractivity contribution in [1.29, 1.82) is 0 Å². The molecule has 0 aromatic carbocycles. The second-order valence-electron chi connectivity index (χ2n) is 4.60. The lowest BCUT2D eigenvalue weighted by molar-refractivity contribution is -0.133. The molecule has 0 spiro atoms. The van der Waals surface area contributed by atoms with Crippen LogP contribution in [0.5, 0.6) is 0 Å². The van der Waals surface area contributed by atoms with Gasteiger partial charge in [0.15, 0.2) is 0 Å². The van der Waals surface area contributed by atoms with Gasteiger partial charge in [-0.3, -0.25) is 9.48 Å². The molecule has 8 heteroatoms. The van der Waals surface area contributed by atoms with Crippen LogP contribution in [0.3, 0.4) is 0 Å². The minimum atomic E-state index is -3.07. The maximum absolute atomic E-state index is 11.2. The van der Waals surface area contributed by atoms with E-state index >= 15 is 0 Å². The van der Waals surface area contributed by atoms with Gasteiger partial charge in [0.2, 0.25) is 0 Å². The summed E-state index contributed by atoms with van der Waals surface area (Å²) in [4.78, 5) is 10.6. The molecule has 0 aliphatic carbocycles. The van der Waals surface area contributed by atoms with Gasteiger partial charge in [0.1, 0.15) is 9.84 Å². The molecule has 0 radical (unpaired) electrons. The quantitative estimate of drug-likeness (QED) is 0.762. The largest absolute Gasteiger partial charge is 0.481 e. The van der Waals surface area contributed by atoms with Crippen LogP contribution in [0.25, 0.3) is 0 Å². The molecular formula is C11H18N2O4S2. The minimum absolute atomic E-state index is 0.00710. The van der Waals surface area contributed by atoms with Crippen molar-refractivity contribution < 1.29 is 18.3 Å². The van der Waals surface area contributed by atoms with Crippen molar-refractivity contribution in [1.82, 2.24) is 9.78 Å². The Morgan fingerprint density at radius 2 is 2.16 bits per heavy atom. The highest BCUT2D eigenvalue weighted by Crippen LogP contribution is 2.23. The van der Waals surface area contributed by atoms with E-state index in [0.717, 1.165) is 17.5 Å². The number of carboxylic acid groups (broad SMARTS) is 1. The Labute approximate surface area is 117 Å². The summed E-state index contributed by atoms with van der Waals surface area (Å²) >= 11 is 1.15. The van der Waals surface area contributed by atoms with Crippen LogP contribution in [0.1, 0.15) is 25.5 Å².